The number of hydrogen-bond donors (Lipinski definition) is 3. The zero-order valence-corrected chi connectivity index (χ0v) is 12.8. The van der Waals surface area contributed by atoms with Gasteiger partial charge in [-0.15, -0.1) is 0 Å². The van der Waals surface area contributed by atoms with E-state index in [1.807, 2.05) is 24.3 Å². The van der Waals surface area contributed by atoms with Gasteiger partial charge in [0.15, 0.2) is 5.11 Å². The van der Waals surface area contributed by atoms with Gasteiger partial charge in [-0.25, -0.2) is 0 Å². The molecule has 0 atom stereocenters. The molecule has 0 spiro atoms. The normalized spacial score (nSPS) is 9.86. The Morgan fingerprint density at radius 1 is 1.14 bits per heavy atom. The van der Waals surface area contributed by atoms with Gasteiger partial charge in [-0.2, -0.15) is 0 Å². The van der Waals surface area contributed by atoms with E-state index >= 15 is 0 Å². The Morgan fingerprint density at radius 3 is 2.45 bits per heavy atom. The van der Waals surface area contributed by atoms with Crippen molar-refractivity contribution in [1.82, 2.24) is 0 Å². The first-order chi connectivity index (χ1) is 10.6. The number of thiocarbonyl (C=S) groups is 1. The van der Waals surface area contributed by atoms with Crippen molar-refractivity contribution in [2.45, 2.75) is 6.42 Å². The van der Waals surface area contributed by atoms with E-state index in [0.717, 1.165) is 16.9 Å². The highest BCUT2D eigenvalue weighted by Crippen LogP contribution is 2.23. The first-order valence-electron chi connectivity index (χ1n) is 6.60. The molecular formula is C16H16N2O3S. The molecule has 2 aromatic carbocycles. The fourth-order valence-corrected chi connectivity index (χ4v) is 2.14. The summed E-state index contributed by atoms with van der Waals surface area (Å²) >= 11 is 5.26. The summed E-state index contributed by atoms with van der Waals surface area (Å²) in [6, 6.07) is 14.5. The van der Waals surface area contributed by atoms with Crippen LogP contribution in [0.3, 0.4) is 0 Å². The van der Waals surface area contributed by atoms with E-state index in [2.05, 4.69) is 10.6 Å². The number of para-hydroxylation sites is 2. The molecule has 0 unspecified atom stereocenters. The number of benzene rings is 2. The molecule has 0 saturated carbocycles. The maximum absolute atomic E-state index is 10.6. The largest absolute Gasteiger partial charge is 0.495 e. The summed E-state index contributed by atoms with van der Waals surface area (Å²) in [5.74, 6) is -0.155. The summed E-state index contributed by atoms with van der Waals surface area (Å²) in [6.07, 6.45) is 0.00416. The Kier molecular flexibility index (Phi) is 5.32. The molecule has 2 aromatic rings. The van der Waals surface area contributed by atoms with Crippen molar-refractivity contribution >= 4 is 34.7 Å². The Labute approximate surface area is 133 Å². The van der Waals surface area contributed by atoms with Crippen LogP contribution in [0, 0.1) is 0 Å². The topological polar surface area (TPSA) is 70.6 Å². The monoisotopic (exact) mass is 316 g/mol. The fraction of sp³-hybridized carbons (Fsp3) is 0.125. The summed E-state index contributed by atoms with van der Waals surface area (Å²) in [5.41, 5.74) is 2.29. The van der Waals surface area contributed by atoms with E-state index in [9.17, 15) is 4.79 Å². The molecule has 114 valence electrons. The molecule has 0 fully saturated rings. The van der Waals surface area contributed by atoms with Gasteiger partial charge in [-0.3, -0.25) is 4.79 Å². The second kappa shape index (κ2) is 7.42. The number of methoxy groups -OCH3 is 1. The number of aliphatic carboxylic acids is 1. The maximum Gasteiger partial charge on any atom is 0.307 e. The van der Waals surface area contributed by atoms with Crippen molar-refractivity contribution in [1.29, 1.82) is 0 Å². The second-order valence-electron chi connectivity index (χ2n) is 4.55. The number of anilines is 2. The van der Waals surface area contributed by atoms with Gasteiger partial charge in [0.05, 0.1) is 19.2 Å². The molecule has 0 aliphatic carbocycles. The molecule has 5 nitrogen and oxygen atoms in total. The number of hydrogen-bond acceptors (Lipinski definition) is 3. The number of rotatable bonds is 5. The third-order valence-electron chi connectivity index (χ3n) is 2.92. The Morgan fingerprint density at radius 2 is 1.82 bits per heavy atom. The Hall–Kier alpha value is -2.60. The van der Waals surface area contributed by atoms with Gasteiger partial charge in [-0.1, -0.05) is 24.3 Å². The predicted octanol–water partition coefficient (Wildman–Crippen LogP) is 3.13. The Balaban J connectivity index is 1.98. The van der Waals surface area contributed by atoms with Crippen LogP contribution in [-0.4, -0.2) is 23.3 Å². The summed E-state index contributed by atoms with van der Waals surface area (Å²) in [4.78, 5) is 10.6. The summed E-state index contributed by atoms with van der Waals surface area (Å²) < 4.78 is 5.24. The van der Waals surface area contributed by atoms with Crippen molar-refractivity contribution in [2.75, 3.05) is 17.7 Å². The molecule has 6 heteroatoms. The molecule has 0 saturated heterocycles. The average Bonchev–Trinajstić information content (AvgIpc) is 2.49. The van der Waals surface area contributed by atoms with E-state index < -0.39 is 5.97 Å². The quantitative estimate of drug-likeness (QED) is 0.736. The van der Waals surface area contributed by atoms with E-state index in [4.69, 9.17) is 22.1 Å². The van der Waals surface area contributed by atoms with Crippen LogP contribution < -0.4 is 15.4 Å². The zero-order chi connectivity index (χ0) is 15.9. The van der Waals surface area contributed by atoms with Crippen LogP contribution in [0.4, 0.5) is 11.4 Å². The van der Waals surface area contributed by atoms with Crippen LogP contribution in [0.5, 0.6) is 5.75 Å². The van der Waals surface area contributed by atoms with Crippen LogP contribution in [0.15, 0.2) is 48.5 Å². The molecule has 3 N–H and O–H groups in total. The van der Waals surface area contributed by atoms with Crippen LogP contribution in [0.25, 0.3) is 0 Å². The molecule has 0 aliphatic rings. The van der Waals surface area contributed by atoms with Crippen LogP contribution in [-0.2, 0) is 11.2 Å². The number of carboxylic acid groups (broad SMARTS) is 1. The van der Waals surface area contributed by atoms with Gasteiger partial charge in [0.1, 0.15) is 5.75 Å². The fourth-order valence-electron chi connectivity index (χ4n) is 1.91. The third-order valence-corrected chi connectivity index (χ3v) is 3.13. The smallest absolute Gasteiger partial charge is 0.307 e. The molecule has 0 aliphatic heterocycles. The highest BCUT2D eigenvalue weighted by atomic mass is 32.1. The standard InChI is InChI=1S/C16H16N2O3S/c1-21-14-5-3-2-4-13(14)18-16(22)17-12-8-6-11(7-9-12)10-15(19)20/h2-9H,10H2,1H3,(H,19,20)(H2,17,18,22). The predicted molar refractivity (Wildman–Crippen MR) is 90.6 cm³/mol. The van der Waals surface area contributed by atoms with Crippen molar-refractivity contribution in [3.05, 3.63) is 54.1 Å². The first-order valence-corrected chi connectivity index (χ1v) is 7.01. The second-order valence-corrected chi connectivity index (χ2v) is 4.96. The molecule has 0 heterocycles. The van der Waals surface area contributed by atoms with Crippen molar-refractivity contribution in [2.24, 2.45) is 0 Å². The summed E-state index contributed by atoms with van der Waals surface area (Å²) in [7, 11) is 1.60. The van der Waals surface area contributed by atoms with Gasteiger partial charge in [0, 0.05) is 5.69 Å². The molecule has 2 rings (SSSR count). The van der Waals surface area contributed by atoms with Gasteiger partial charge < -0.3 is 20.5 Å². The van der Waals surface area contributed by atoms with E-state index in [-0.39, 0.29) is 6.42 Å². The van der Waals surface area contributed by atoms with Crippen molar-refractivity contribution in [3.63, 3.8) is 0 Å². The van der Waals surface area contributed by atoms with Gasteiger partial charge in [0.2, 0.25) is 0 Å². The molecule has 0 bridgehead atoms. The van der Waals surface area contributed by atoms with E-state index in [1.165, 1.54) is 0 Å². The number of nitrogens with one attached hydrogen (secondary N) is 2. The minimum absolute atomic E-state index is 0.00416. The average molecular weight is 316 g/mol. The highest BCUT2D eigenvalue weighted by Gasteiger charge is 2.05. The van der Waals surface area contributed by atoms with Crippen molar-refractivity contribution in [3.8, 4) is 5.75 Å². The molecule has 22 heavy (non-hydrogen) atoms. The van der Waals surface area contributed by atoms with Crippen molar-refractivity contribution < 1.29 is 14.6 Å². The van der Waals surface area contributed by atoms with E-state index in [1.54, 1.807) is 31.4 Å². The van der Waals surface area contributed by atoms with Gasteiger partial charge in [-0.05, 0) is 42.0 Å². The lowest BCUT2D eigenvalue weighted by Crippen LogP contribution is -2.19. The SMILES string of the molecule is COc1ccccc1NC(=S)Nc1ccc(CC(=O)O)cc1. The van der Waals surface area contributed by atoms with Crippen LogP contribution in [0.2, 0.25) is 0 Å². The molecule has 0 radical (unpaired) electrons. The summed E-state index contributed by atoms with van der Waals surface area (Å²) in [6.45, 7) is 0. The van der Waals surface area contributed by atoms with E-state index in [0.29, 0.717) is 10.9 Å². The minimum atomic E-state index is -0.853. The Bertz CT molecular complexity index is 671. The number of ether oxygens (including phenoxy) is 1. The van der Waals surface area contributed by atoms with Gasteiger partial charge >= 0.3 is 5.97 Å². The first kappa shape index (κ1) is 15.8. The van der Waals surface area contributed by atoms with Crippen LogP contribution >= 0.6 is 12.2 Å². The minimum Gasteiger partial charge on any atom is -0.495 e. The third kappa shape index (κ3) is 4.46. The van der Waals surface area contributed by atoms with Gasteiger partial charge in [0.25, 0.3) is 0 Å². The molecule has 0 amide bonds. The number of carbonyl (C=O) groups is 1. The lowest BCUT2D eigenvalue weighted by Gasteiger charge is -2.13. The lowest BCUT2D eigenvalue weighted by atomic mass is 10.1. The lowest BCUT2D eigenvalue weighted by molar-refractivity contribution is -0.136. The summed E-state index contributed by atoms with van der Waals surface area (Å²) in [5, 5.41) is 15.3. The highest BCUT2D eigenvalue weighted by molar-refractivity contribution is 7.80. The number of carboxylic acids is 1. The molecule has 0 aromatic heterocycles. The molecular weight excluding hydrogens is 300 g/mol. The van der Waals surface area contributed by atoms with Crippen LogP contribution in [0.1, 0.15) is 5.56 Å². The maximum atomic E-state index is 10.6. The zero-order valence-electron chi connectivity index (χ0n) is 12.0.